The Labute approximate surface area is 217 Å². The van der Waals surface area contributed by atoms with E-state index in [0.717, 1.165) is 31.4 Å². The van der Waals surface area contributed by atoms with E-state index in [1.165, 1.54) is 15.6 Å². The van der Waals surface area contributed by atoms with Crippen LogP contribution in [0.4, 0.5) is 36.6 Å². The lowest BCUT2D eigenvalue weighted by atomic mass is 10.2. The van der Waals surface area contributed by atoms with Crippen LogP contribution in [0.1, 0.15) is 23.2 Å². The van der Waals surface area contributed by atoms with Crippen molar-refractivity contribution in [1.29, 1.82) is 0 Å². The van der Waals surface area contributed by atoms with Gasteiger partial charge in [0.15, 0.2) is 9.84 Å². The topological polar surface area (TPSA) is 81.5 Å². The number of nitrogens with zero attached hydrogens (tertiary/aromatic N) is 3. The van der Waals surface area contributed by atoms with Gasteiger partial charge in [-0.2, -0.15) is 31.4 Å². The summed E-state index contributed by atoms with van der Waals surface area (Å²) in [6.07, 6.45) is -10.2. The maximum Gasteiger partial charge on any atom is 0.417 e. The molecule has 1 saturated heterocycles. The van der Waals surface area contributed by atoms with Crippen molar-refractivity contribution in [3.63, 3.8) is 0 Å². The maximum atomic E-state index is 13.6. The molecule has 2 heterocycles. The molecule has 0 bridgehead atoms. The smallest absolute Gasteiger partial charge is 0.417 e. The summed E-state index contributed by atoms with van der Waals surface area (Å²) in [6, 6.07) is 5.26. The highest BCUT2D eigenvalue weighted by molar-refractivity contribution is 7.92. The molecule has 1 aromatic heterocycles. The molecule has 0 radical (unpaired) electrons. The van der Waals surface area contributed by atoms with Gasteiger partial charge in [-0.15, -0.1) is 0 Å². The zero-order valence-electron chi connectivity index (χ0n) is 20.2. The standard InChI is InChI=1S/C24H20F7N3O4S/c1-13-9-21(34(32-13)16-6-3-14(4-7-16)23(26,27)28)33-12-17(11-19(33)22(35)38-2)39(36,37)20-8-5-15(25)10-18(20)24(29,30)31/h3-10,17,19H,11-12H2,1-2H3/t17-,19?/m1/s1. The van der Waals surface area contributed by atoms with Gasteiger partial charge in [0, 0.05) is 12.6 Å². The Balaban J connectivity index is 1.77. The molecular weight excluding hydrogens is 559 g/mol. The molecule has 2 aromatic carbocycles. The first-order chi connectivity index (χ1) is 18.0. The van der Waals surface area contributed by atoms with Gasteiger partial charge in [0.2, 0.25) is 0 Å². The Morgan fingerprint density at radius 3 is 2.21 bits per heavy atom. The van der Waals surface area contributed by atoms with Crippen LogP contribution in [0.3, 0.4) is 0 Å². The van der Waals surface area contributed by atoms with E-state index in [0.29, 0.717) is 17.8 Å². The fourth-order valence-corrected chi connectivity index (χ4v) is 6.35. The largest absolute Gasteiger partial charge is 0.467 e. The Morgan fingerprint density at radius 1 is 1.00 bits per heavy atom. The average Bonchev–Trinajstić information content (AvgIpc) is 3.46. The van der Waals surface area contributed by atoms with Crippen LogP contribution in [-0.2, 0) is 31.7 Å². The second-order valence-electron chi connectivity index (χ2n) is 8.83. The summed E-state index contributed by atoms with van der Waals surface area (Å²) in [4.78, 5) is 12.8. The number of carbonyl (C=O) groups excluding carboxylic acids is 1. The number of anilines is 1. The van der Waals surface area contributed by atoms with E-state index in [1.807, 2.05) is 0 Å². The number of halogens is 7. The van der Waals surface area contributed by atoms with E-state index in [-0.39, 0.29) is 17.6 Å². The molecule has 1 aliphatic heterocycles. The molecule has 210 valence electrons. The number of esters is 1. The molecule has 1 aliphatic rings. The predicted molar refractivity (Wildman–Crippen MR) is 123 cm³/mol. The van der Waals surface area contributed by atoms with Crippen LogP contribution in [0.2, 0.25) is 0 Å². The number of rotatable bonds is 5. The number of hydrogen-bond acceptors (Lipinski definition) is 6. The molecule has 0 spiro atoms. The number of methoxy groups -OCH3 is 1. The van der Waals surface area contributed by atoms with E-state index in [2.05, 4.69) is 5.10 Å². The molecule has 15 heteroatoms. The fraction of sp³-hybridized carbons (Fsp3) is 0.333. The van der Waals surface area contributed by atoms with Crippen LogP contribution in [0.25, 0.3) is 5.69 Å². The highest BCUT2D eigenvalue weighted by atomic mass is 32.2. The number of hydrogen-bond donors (Lipinski definition) is 0. The van der Waals surface area contributed by atoms with Gasteiger partial charge in [-0.3, -0.25) is 0 Å². The molecule has 1 unspecified atom stereocenters. The van der Waals surface area contributed by atoms with Gasteiger partial charge in [-0.1, -0.05) is 0 Å². The minimum absolute atomic E-state index is 0.0838. The summed E-state index contributed by atoms with van der Waals surface area (Å²) < 4.78 is 126. The number of aromatic nitrogens is 2. The van der Waals surface area contributed by atoms with E-state index in [9.17, 15) is 43.9 Å². The Kier molecular flexibility index (Phi) is 7.17. The molecule has 0 aliphatic carbocycles. The molecule has 3 aromatic rings. The predicted octanol–water partition coefficient (Wildman–Crippen LogP) is 4.95. The number of benzene rings is 2. The summed E-state index contributed by atoms with van der Waals surface area (Å²) in [5.41, 5.74) is -2.09. The number of carbonyl (C=O) groups is 1. The number of ether oxygens (including phenoxy) is 1. The minimum Gasteiger partial charge on any atom is -0.467 e. The lowest BCUT2D eigenvalue weighted by Crippen LogP contribution is -2.38. The Bertz CT molecular complexity index is 1500. The summed E-state index contributed by atoms with van der Waals surface area (Å²) in [5, 5.41) is 2.69. The lowest BCUT2D eigenvalue weighted by Gasteiger charge is -2.25. The van der Waals surface area contributed by atoms with Crippen molar-refractivity contribution < 1.29 is 48.7 Å². The van der Waals surface area contributed by atoms with Crippen LogP contribution in [-0.4, -0.2) is 49.1 Å². The van der Waals surface area contributed by atoms with Crippen LogP contribution in [0, 0.1) is 12.7 Å². The van der Waals surface area contributed by atoms with Crippen LogP contribution in [0.15, 0.2) is 53.4 Å². The van der Waals surface area contributed by atoms with Crippen molar-refractivity contribution in [3.05, 3.63) is 71.2 Å². The average molecular weight is 579 g/mol. The highest BCUT2D eigenvalue weighted by Crippen LogP contribution is 2.40. The molecule has 2 atom stereocenters. The summed E-state index contributed by atoms with van der Waals surface area (Å²) in [7, 11) is -3.72. The SMILES string of the molecule is COC(=O)C1C[C@@H](S(=O)(=O)c2ccc(F)cc2C(F)(F)F)CN1c1cc(C)nn1-c1ccc(C(F)(F)F)cc1. The Hall–Kier alpha value is -3.62. The molecule has 1 fully saturated rings. The summed E-state index contributed by atoms with van der Waals surface area (Å²) >= 11 is 0. The van der Waals surface area contributed by atoms with Gasteiger partial charge in [-0.05, 0) is 55.8 Å². The first-order valence-corrected chi connectivity index (χ1v) is 12.8. The molecule has 4 rings (SSSR count). The van der Waals surface area contributed by atoms with Crippen molar-refractivity contribution in [1.82, 2.24) is 9.78 Å². The van der Waals surface area contributed by atoms with E-state index >= 15 is 0 Å². The first-order valence-electron chi connectivity index (χ1n) is 11.2. The van der Waals surface area contributed by atoms with Crippen LogP contribution < -0.4 is 4.90 Å². The van der Waals surface area contributed by atoms with Gasteiger partial charge < -0.3 is 9.64 Å². The minimum atomic E-state index is -5.18. The third-order valence-electron chi connectivity index (χ3n) is 6.27. The van der Waals surface area contributed by atoms with Gasteiger partial charge in [0.05, 0.1) is 39.8 Å². The first kappa shape index (κ1) is 28.4. The lowest BCUT2D eigenvalue weighted by molar-refractivity contribution is -0.142. The second kappa shape index (κ2) is 9.84. The van der Waals surface area contributed by atoms with Crippen LogP contribution >= 0.6 is 0 Å². The summed E-state index contributed by atoms with van der Waals surface area (Å²) in [5.74, 6) is -2.06. The fourth-order valence-electron chi connectivity index (χ4n) is 4.46. The summed E-state index contributed by atoms with van der Waals surface area (Å²) in [6.45, 7) is 1.07. The Morgan fingerprint density at radius 2 is 1.64 bits per heavy atom. The molecule has 0 saturated carbocycles. The van der Waals surface area contributed by atoms with E-state index in [1.54, 1.807) is 6.92 Å². The van der Waals surface area contributed by atoms with Gasteiger partial charge in [0.1, 0.15) is 17.7 Å². The maximum absolute atomic E-state index is 13.6. The highest BCUT2D eigenvalue weighted by Gasteiger charge is 2.48. The normalized spacial score (nSPS) is 18.4. The second-order valence-corrected chi connectivity index (χ2v) is 11.0. The van der Waals surface area contributed by atoms with Crippen molar-refractivity contribution in [2.24, 2.45) is 0 Å². The third-order valence-corrected chi connectivity index (χ3v) is 8.46. The number of alkyl halides is 6. The molecular formula is C24H20F7N3O4S. The quantitative estimate of drug-likeness (QED) is 0.242. The van der Waals surface area contributed by atoms with Crippen molar-refractivity contribution in [2.75, 3.05) is 18.6 Å². The number of sulfone groups is 1. The zero-order valence-corrected chi connectivity index (χ0v) is 21.0. The van der Waals surface area contributed by atoms with Crippen molar-refractivity contribution >= 4 is 21.6 Å². The van der Waals surface area contributed by atoms with Gasteiger partial charge in [-0.25, -0.2) is 22.3 Å². The molecule has 0 amide bonds. The monoisotopic (exact) mass is 579 g/mol. The van der Waals surface area contributed by atoms with Crippen molar-refractivity contribution in [2.45, 2.75) is 41.9 Å². The van der Waals surface area contributed by atoms with Crippen molar-refractivity contribution in [3.8, 4) is 5.69 Å². The van der Waals surface area contributed by atoms with Crippen LogP contribution in [0.5, 0.6) is 0 Å². The molecule has 0 N–H and O–H groups in total. The number of aryl methyl sites for hydroxylation is 1. The van der Waals surface area contributed by atoms with E-state index in [4.69, 9.17) is 4.74 Å². The third kappa shape index (κ3) is 5.44. The van der Waals surface area contributed by atoms with Gasteiger partial charge in [0.25, 0.3) is 0 Å². The van der Waals surface area contributed by atoms with Gasteiger partial charge >= 0.3 is 18.3 Å². The molecule has 7 nitrogen and oxygen atoms in total. The molecule has 39 heavy (non-hydrogen) atoms. The zero-order chi connectivity index (χ0) is 28.9. The van der Waals surface area contributed by atoms with E-state index < -0.39 is 74.3 Å².